The minimum atomic E-state index is -0.248. The quantitative estimate of drug-likeness (QED) is 0.588. The molecule has 3 aliphatic rings. The number of ether oxygens (including phenoxy) is 2. The van der Waals surface area contributed by atoms with Crippen molar-refractivity contribution in [1.29, 1.82) is 0 Å². The molecule has 0 amide bonds. The van der Waals surface area contributed by atoms with E-state index in [0.29, 0.717) is 6.42 Å². The van der Waals surface area contributed by atoms with Gasteiger partial charge >= 0.3 is 0 Å². The Hall–Kier alpha value is -1.25. The van der Waals surface area contributed by atoms with Crippen molar-refractivity contribution in [2.24, 2.45) is 5.92 Å². The molecule has 0 aromatic carbocycles. The van der Waals surface area contributed by atoms with E-state index in [-0.39, 0.29) is 18.0 Å². The third-order valence-corrected chi connectivity index (χ3v) is 3.01. The SMILES string of the molecule is CC1=C[C@H]2C3=C(CCCC3=O)O[C@H]2O1. The van der Waals surface area contributed by atoms with E-state index >= 15 is 0 Å². The molecule has 0 radical (unpaired) electrons. The van der Waals surface area contributed by atoms with Gasteiger partial charge in [0.2, 0.25) is 0 Å². The van der Waals surface area contributed by atoms with Crippen molar-refractivity contribution in [1.82, 2.24) is 0 Å². The van der Waals surface area contributed by atoms with Crippen molar-refractivity contribution in [3.05, 3.63) is 23.2 Å². The number of fused-ring (bicyclic) bond motifs is 2. The van der Waals surface area contributed by atoms with Crippen molar-refractivity contribution in [3.63, 3.8) is 0 Å². The molecule has 1 aliphatic carbocycles. The monoisotopic (exact) mass is 192 g/mol. The topological polar surface area (TPSA) is 35.5 Å². The molecule has 14 heavy (non-hydrogen) atoms. The summed E-state index contributed by atoms with van der Waals surface area (Å²) in [6.45, 7) is 1.90. The fourth-order valence-electron chi connectivity index (χ4n) is 2.41. The van der Waals surface area contributed by atoms with Gasteiger partial charge in [-0.25, -0.2) is 0 Å². The fraction of sp³-hybridized carbons (Fsp3) is 0.545. The molecule has 3 heteroatoms. The molecule has 2 heterocycles. The maximum Gasteiger partial charge on any atom is 0.250 e. The summed E-state index contributed by atoms with van der Waals surface area (Å²) in [4.78, 5) is 11.7. The fourth-order valence-corrected chi connectivity index (χ4v) is 2.41. The van der Waals surface area contributed by atoms with Gasteiger partial charge in [-0.2, -0.15) is 0 Å². The van der Waals surface area contributed by atoms with Crippen LogP contribution in [0.3, 0.4) is 0 Å². The highest BCUT2D eigenvalue weighted by Gasteiger charge is 2.44. The van der Waals surface area contributed by atoms with E-state index in [0.717, 1.165) is 29.9 Å². The molecule has 0 spiro atoms. The van der Waals surface area contributed by atoms with Crippen LogP contribution in [0, 0.1) is 5.92 Å². The van der Waals surface area contributed by atoms with Crippen LogP contribution in [-0.4, -0.2) is 12.1 Å². The Morgan fingerprint density at radius 1 is 1.36 bits per heavy atom. The summed E-state index contributed by atoms with van der Waals surface area (Å²) >= 11 is 0. The zero-order chi connectivity index (χ0) is 9.71. The van der Waals surface area contributed by atoms with E-state index in [4.69, 9.17) is 9.47 Å². The van der Waals surface area contributed by atoms with Gasteiger partial charge in [-0.1, -0.05) is 0 Å². The summed E-state index contributed by atoms with van der Waals surface area (Å²) < 4.78 is 11.1. The van der Waals surface area contributed by atoms with Crippen LogP contribution < -0.4 is 0 Å². The summed E-state index contributed by atoms with van der Waals surface area (Å²) in [5, 5.41) is 0. The number of hydrogen-bond acceptors (Lipinski definition) is 3. The van der Waals surface area contributed by atoms with Crippen molar-refractivity contribution < 1.29 is 14.3 Å². The van der Waals surface area contributed by atoms with E-state index < -0.39 is 0 Å². The van der Waals surface area contributed by atoms with Gasteiger partial charge in [-0.3, -0.25) is 4.79 Å². The predicted octanol–water partition coefficient (Wildman–Crippen LogP) is 1.90. The van der Waals surface area contributed by atoms with E-state index in [1.165, 1.54) is 0 Å². The van der Waals surface area contributed by atoms with Gasteiger partial charge in [0.25, 0.3) is 6.29 Å². The lowest BCUT2D eigenvalue weighted by atomic mass is 9.89. The lowest BCUT2D eigenvalue weighted by Crippen LogP contribution is -2.17. The molecule has 0 unspecified atom stereocenters. The Balaban J connectivity index is 2.01. The van der Waals surface area contributed by atoms with Gasteiger partial charge in [0, 0.05) is 18.4 Å². The molecule has 0 saturated heterocycles. The molecule has 2 aliphatic heterocycles. The Kier molecular flexibility index (Phi) is 1.52. The summed E-state index contributed by atoms with van der Waals surface area (Å²) in [7, 11) is 0. The van der Waals surface area contributed by atoms with Gasteiger partial charge in [0.15, 0.2) is 5.78 Å². The second-order valence-corrected chi connectivity index (χ2v) is 4.02. The first kappa shape index (κ1) is 8.09. The highest BCUT2D eigenvalue weighted by Crippen LogP contribution is 2.43. The minimum Gasteiger partial charge on any atom is -0.459 e. The van der Waals surface area contributed by atoms with Crippen LogP contribution >= 0.6 is 0 Å². The second-order valence-electron chi connectivity index (χ2n) is 4.02. The number of carbonyl (C=O) groups excluding carboxylic acids is 1. The van der Waals surface area contributed by atoms with Gasteiger partial charge in [-0.15, -0.1) is 0 Å². The smallest absolute Gasteiger partial charge is 0.250 e. The van der Waals surface area contributed by atoms with E-state index in [1.807, 2.05) is 13.0 Å². The van der Waals surface area contributed by atoms with Gasteiger partial charge in [-0.05, 0) is 19.4 Å². The van der Waals surface area contributed by atoms with E-state index in [9.17, 15) is 4.79 Å². The number of carbonyl (C=O) groups is 1. The van der Waals surface area contributed by atoms with Crippen LogP contribution in [0.2, 0.25) is 0 Å². The van der Waals surface area contributed by atoms with Crippen LogP contribution in [0.25, 0.3) is 0 Å². The van der Waals surface area contributed by atoms with Crippen molar-refractivity contribution in [2.45, 2.75) is 32.5 Å². The highest BCUT2D eigenvalue weighted by atomic mass is 16.7. The molecular weight excluding hydrogens is 180 g/mol. The molecule has 0 N–H and O–H groups in total. The summed E-state index contributed by atoms with van der Waals surface area (Å²) in [5.41, 5.74) is 0.873. The molecule has 3 rings (SSSR count). The Morgan fingerprint density at radius 3 is 3.07 bits per heavy atom. The van der Waals surface area contributed by atoms with Gasteiger partial charge < -0.3 is 9.47 Å². The van der Waals surface area contributed by atoms with Gasteiger partial charge in [0.1, 0.15) is 5.76 Å². The van der Waals surface area contributed by atoms with Crippen molar-refractivity contribution in [3.8, 4) is 0 Å². The van der Waals surface area contributed by atoms with E-state index in [2.05, 4.69) is 0 Å². The predicted molar refractivity (Wildman–Crippen MR) is 49.1 cm³/mol. The number of Topliss-reactive ketones (excluding diaryl/α,β-unsaturated/α-hetero) is 1. The first-order chi connectivity index (χ1) is 6.75. The lowest BCUT2D eigenvalue weighted by Gasteiger charge is -2.13. The maximum atomic E-state index is 11.7. The summed E-state index contributed by atoms with van der Waals surface area (Å²) in [6, 6.07) is 0. The van der Waals surface area contributed by atoms with Crippen LogP contribution in [0.4, 0.5) is 0 Å². The third kappa shape index (κ3) is 0.953. The molecule has 3 nitrogen and oxygen atoms in total. The normalized spacial score (nSPS) is 34.6. The first-order valence-electron chi connectivity index (χ1n) is 5.03. The summed E-state index contributed by atoms with van der Waals surface area (Å²) in [5.74, 6) is 2.05. The van der Waals surface area contributed by atoms with Gasteiger partial charge in [0.05, 0.1) is 11.7 Å². The maximum absolute atomic E-state index is 11.7. The van der Waals surface area contributed by atoms with Crippen LogP contribution in [0.5, 0.6) is 0 Å². The largest absolute Gasteiger partial charge is 0.459 e. The minimum absolute atomic E-state index is 0.0674. The first-order valence-corrected chi connectivity index (χ1v) is 5.03. The average Bonchev–Trinajstić information content (AvgIpc) is 2.60. The zero-order valence-corrected chi connectivity index (χ0v) is 8.08. The molecule has 0 aromatic rings. The molecule has 0 fully saturated rings. The number of rotatable bonds is 0. The van der Waals surface area contributed by atoms with Crippen LogP contribution in [0.15, 0.2) is 23.2 Å². The lowest BCUT2D eigenvalue weighted by molar-refractivity contribution is -0.116. The van der Waals surface area contributed by atoms with Crippen molar-refractivity contribution >= 4 is 5.78 Å². The Morgan fingerprint density at radius 2 is 2.21 bits per heavy atom. The third-order valence-electron chi connectivity index (χ3n) is 3.01. The van der Waals surface area contributed by atoms with E-state index in [1.54, 1.807) is 0 Å². The Labute approximate surface area is 82.4 Å². The molecule has 0 aromatic heterocycles. The molecule has 0 bridgehead atoms. The number of allylic oxidation sites excluding steroid dienone is 2. The molecule has 74 valence electrons. The highest BCUT2D eigenvalue weighted by molar-refractivity contribution is 5.98. The van der Waals surface area contributed by atoms with Crippen LogP contribution in [0.1, 0.15) is 26.2 Å². The Bertz CT molecular complexity index is 365. The number of ketones is 1. The number of hydrogen-bond donors (Lipinski definition) is 0. The molecule has 2 atom stereocenters. The average molecular weight is 192 g/mol. The second kappa shape index (κ2) is 2.62. The van der Waals surface area contributed by atoms with Crippen molar-refractivity contribution in [2.75, 3.05) is 0 Å². The standard InChI is InChI=1S/C11H12O3/c1-6-5-7-10-8(12)3-2-4-9(10)14-11(7)13-6/h5,7,11H,2-4H2,1H3/t7-,11+/m0/s1. The van der Waals surface area contributed by atoms with Crippen LogP contribution in [-0.2, 0) is 14.3 Å². The summed E-state index contributed by atoms with van der Waals surface area (Å²) in [6.07, 6.45) is 4.22. The zero-order valence-electron chi connectivity index (χ0n) is 8.08. The molecule has 0 saturated carbocycles. The molecular formula is C11H12O3.